The van der Waals surface area contributed by atoms with Crippen LogP contribution in [0.4, 0.5) is 10.2 Å². The van der Waals surface area contributed by atoms with Crippen LogP contribution in [0.5, 0.6) is 0 Å². The Balaban J connectivity index is 1.89. The van der Waals surface area contributed by atoms with Gasteiger partial charge in [0.15, 0.2) is 11.3 Å². The Labute approximate surface area is 131 Å². The van der Waals surface area contributed by atoms with E-state index < -0.39 is 5.97 Å². The Kier molecular flexibility index (Phi) is 3.69. The fourth-order valence-electron chi connectivity index (χ4n) is 2.33. The molecule has 23 heavy (non-hydrogen) atoms. The maximum absolute atomic E-state index is 13.3. The number of aromatic nitrogens is 3. The number of carboxylic acid groups (broad SMARTS) is 1. The quantitative estimate of drug-likeness (QED) is 0.774. The molecule has 0 saturated heterocycles. The van der Waals surface area contributed by atoms with Gasteiger partial charge < -0.3 is 10.4 Å². The number of hydrogen-bond donors (Lipinski definition) is 2. The normalized spacial score (nSPS) is 10.9. The third-order valence-electron chi connectivity index (χ3n) is 3.58. The number of carbonyl (C=O) groups is 1. The van der Waals surface area contributed by atoms with Gasteiger partial charge in [0, 0.05) is 6.54 Å². The minimum absolute atomic E-state index is 0.000627. The van der Waals surface area contributed by atoms with E-state index in [2.05, 4.69) is 15.4 Å². The molecule has 2 heterocycles. The first-order valence-electron chi connectivity index (χ1n) is 7.03. The maximum atomic E-state index is 13.3. The molecule has 0 aliphatic heterocycles. The number of anilines is 1. The van der Waals surface area contributed by atoms with Crippen LogP contribution >= 0.6 is 0 Å². The Morgan fingerprint density at radius 2 is 2.09 bits per heavy atom. The lowest BCUT2D eigenvalue weighted by Crippen LogP contribution is -2.10. The van der Waals surface area contributed by atoms with Crippen molar-refractivity contribution in [3.8, 4) is 0 Å². The van der Waals surface area contributed by atoms with Crippen LogP contribution in [0.15, 0.2) is 30.5 Å². The summed E-state index contributed by atoms with van der Waals surface area (Å²) in [7, 11) is 0. The molecular formula is C16H15FN4O2. The zero-order valence-corrected chi connectivity index (χ0v) is 12.7. The topological polar surface area (TPSA) is 79.5 Å². The molecule has 0 spiro atoms. The lowest BCUT2D eigenvalue weighted by molar-refractivity contribution is 0.0688. The van der Waals surface area contributed by atoms with E-state index in [1.807, 2.05) is 6.92 Å². The molecule has 7 heteroatoms. The highest BCUT2D eigenvalue weighted by molar-refractivity contribution is 5.86. The molecule has 118 valence electrons. The number of benzene rings is 1. The van der Waals surface area contributed by atoms with Crippen LogP contribution in [-0.2, 0) is 6.54 Å². The zero-order chi connectivity index (χ0) is 16.6. The summed E-state index contributed by atoms with van der Waals surface area (Å²) < 4.78 is 14.6. The molecule has 0 fully saturated rings. The molecule has 0 radical (unpaired) electrons. The first-order valence-corrected chi connectivity index (χ1v) is 7.03. The first kappa shape index (κ1) is 15.0. The lowest BCUT2D eigenvalue weighted by Gasteiger charge is -2.10. The highest BCUT2D eigenvalue weighted by Gasteiger charge is 2.13. The molecule has 0 saturated carbocycles. The average Bonchev–Trinajstić information content (AvgIpc) is 2.91. The minimum Gasteiger partial charge on any atom is -0.476 e. The number of carboxylic acids is 1. The van der Waals surface area contributed by atoms with Gasteiger partial charge in [-0.3, -0.25) is 0 Å². The maximum Gasteiger partial charge on any atom is 0.356 e. The van der Waals surface area contributed by atoms with Crippen molar-refractivity contribution in [3.05, 3.63) is 58.7 Å². The summed E-state index contributed by atoms with van der Waals surface area (Å²) in [6.07, 6.45) is 1.28. The molecule has 3 rings (SSSR count). The van der Waals surface area contributed by atoms with Crippen LogP contribution in [0.1, 0.15) is 27.2 Å². The number of imidazole rings is 1. The highest BCUT2D eigenvalue weighted by atomic mass is 19.1. The lowest BCUT2D eigenvalue weighted by atomic mass is 10.1. The standard InChI is InChI=1S/C16H15FN4O2/c1-9-5-11(3-4-12(9)17)7-19-15-10(2)6-14-18-8-13(16(22)23)21(14)20-15/h3-6,8H,7H2,1-2H3,(H,19,20)(H,22,23). The molecule has 0 bridgehead atoms. The first-order chi connectivity index (χ1) is 11.0. The monoisotopic (exact) mass is 314 g/mol. The fraction of sp³-hybridized carbons (Fsp3) is 0.188. The highest BCUT2D eigenvalue weighted by Crippen LogP contribution is 2.17. The summed E-state index contributed by atoms with van der Waals surface area (Å²) in [6, 6.07) is 6.64. The van der Waals surface area contributed by atoms with Crippen molar-refractivity contribution in [3.63, 3.8) is 0 Å². The Hall–Kier alpha value is -2.96. The van der Waals surface area contributed by atoms with Gasteiger partial charge in [-0.2, -0.15) is 0 Å². The van der Waals surface area contributed by atoms with Crippen molar-refractivity contribution >= 4 is 17.4 Å². The second-order valence-electron chi connectivity index (χ2n) is 5.33. The van der Waals surface area contributed by atoms with Gasteiger partial charge in [0.2, 0.25) is 0 Å². The van der Waals surface area contributed by atoms with E-state index in [0.717, 1.165) is 11.1 Å². The number of nitrogens with one attached hydrogen (secondary N) is 1. The summed E-state index contributed by atoms with van der Waals surface area (Å²) in [5.74, 6) is -0.775. The molecule has 0 unspecified atom stereocenters. The second kappa shape index (κ2) is 5.68. The van der Waals surface area contributed by atoms with Gasteiger partial charge in [-0.25, -0.2) is 18.7 Å². The number of rotatable bonds is 4. The van der Waals surface area contributed by atoms with E-state index in [-0.39, 0.29) is 11.5 Å². The molecule has 2 aromatic heterocycles. The summed E-state index contributed by atoms with van der Waals surface area (Å²) in [6.45, 7) is 4.02. The zero-order valence-electron chi connectivity index (χ0n) is 12.7. The number of aromatic carboxylic acids is 1. The van der Waals surface area contributed by atoms with Crippen molar-refractivity contribution in [2.75, 3.05) is 5.32 Å². The van der Waals surface area contributed by atoms with Gasteiger partial charge in [0.05, 0.1) is 6.20 Å². The molecule has 2 N–H and O–H groups in total. The van der Waals surface area contributed by atoms with Gasteiger partial charge in [0.1, 0.15) is 11.6 Å². The van der Waals surface area contributed by atoms with Gasteiger partial charge >= 0.3 is 5.97 Å². The summed E-state index contributed by atoms with van der Waals surface area (Å²) in [5.41, 5.74) is 2.81. The van der Waals surface area contributed by atoms with Crippen molar-refractivity contribution in [2.45, 2.75) is 20.4 Å². The summed E-state index contributed by atoms with van der Waals surface area (Å²) in [4.78, 5) is 15.2. The van der Waals surface area contributed by atoms with Crippen LogP contribution < -0.4 is 5.32 Å². The average molecular weight is 314 g/mol. The predicted octanol–water partition coefficient (Wildman–Crippen LogP) is 2.80. The molecule has 6 nitrogen and oxygen atoms in total. The van der Waals surface area contributed by atoms with Crippen LogP contribution in [0.3, 0.4) is 0 Å². The number of fused-ring (bicyclic) bond motifs is 1. The van der Waals surface area contributed by atoms with E-state index in [0.29, 0.717) is 23.6 Å². The van der Waals surface area contributed by atoms with E-state index in [1.165, 1.54) is 16.8 Å². The van der Waals surface area contributed by atoms with Crippen LogP contribution in [0.2, 0.25) is 0 Å². The van der Waals surface area contributed by atoms with Crippen LogP contribution in [0, 0.1) is 19.7 Å². The third kappa shape index (κ3) is 2.85. The number of nitrogens with zero attached hydrogens (tertiary/aromatic N) is 3. The van der Waals surface area contributed by atoms with Gasteiger partial charge in [0.25, 0.3) is 0 Å². The van der Waals surface area contributed by atoms with Crippen molar-refractivity contribution in [1.29, 1.82) is 0 Å². The van der Waals surface area contributed by atoms with Crippen LogP contribution in [0.25, 0.3) is 5.65 Å². The van der Waals surface area contributed by atoms with E-state index in [4.69, 9.17) is 5.11 Å². The van der Waals surface area contributed by atoms with Gasteiger partial charge in [-0.15, -0.1) is 5.10 Å². The summed E-state index contributed by atoms with van der Waals surface area (Å²) >= 11 is 0. The molecule has 3 aromatic rings. The number of halogens is 1. The fourth-order valence-corrected chi connectivity index (χ4v) is 2.33. The molecule has 0 aliphatic carbocycles. The van der Waals surface area contributed by atoms with E-state index in [1.54, 1.807) is 25.1 Å². The van der Waals surface area contributed by atoms with Crippen LogP contribution in [-0.4, -0.2) is 25.7 Å². The molecule has 1 aromatic carbocycles. The number of aryl methyl sites for hydroxylation is 2. The predicted molar refractivity (Wildman–Crippen MR) is 83.1 cm³/mol. The SMILES string of the molecule is Cc1cc(CNc2nn3c(C(=O)O)cnc3cc2C)ccc1F. The van der Waals surface area contributed by atoms with E-state index in [9.17, 15) is 9.18 Å². The van der Waals surface area contributed by atoms with Crippen molar-refractivity contribution < 1.29 is 14.3 Å². The Morgan fingerprint density at radius 1 is 1.30 bits per heavy atom. The van der Waals surface area contributed by atoms with Crippen molar-refractivity contribution in [2.24, 2.45) is 0 Å². The third-order valence-corrected chi connectivity index (χ3v) is 3.58. The molecule has 0 atom stereocenters. The Bertz CT molecular complexity index is 904. The molecule has 0 aliphatic rings. The van der Waals surface area contributed by atoms with Gasteiger partial charge in [-0.1, -0.05) is 12.1 Å². The minimum atomic E-state index is -1.09. The van der Waals surface area contributed by atoms with E-state index >= 15 is 0 Å². The van der Waals surface area contributed by atoms with Crippen molar-refractivity contribution in [1.82, 2.24) is 14.6 Å². The largest absolute Gasteiger partial charge is 0.476 e. The molecular weight excluding hydrogens is 299 g/mol. The van der Waals surface area contributed by atoms with Gasteiger partial charge in [-0.05, 0) is 42.7 Å². The number of hydrogen-bond acceptors (Lipinski definition) is 4. The second-order valence-corrected chi connectivity index (χ2v) is 5.33. The molecule has 0 amide bonds. The summed E-state index contributed by atoms with van der Waals surface area (Å²) in [5, 5.41) is 16.6. The Morgan fingerprint density at radius 3 is 2.78 bits per heavy atom. The smallest absolute Gasteiger partial charge is 0.356 e.